The van der Waals surface area contributed by atoms with E-state index in [-0.39, 0.29) is 0 Å². The Bertz CT molecular complexity index is 137. The molecule has 0 aromatic heterocycles. The normalized spacial score (nSPS) is 22.0. The second-order valence-corrected chi connectivity index (χ2v) is 4.75. The summed E-state index contributed by atoms with van der Waals surface area (Å²) < 4.78 is 0. The topological polar surface area (TPSA) is 59.7 Å². The van der Waals surface area contributed by atoms with Crippen LogP contribution in [0.3, 0.4) is 0 Å². The highest BCUT2D eigenvalue weighted by Crippen LogP contribution is 2.27. The van der Waals surface area contributed by atoms with Crippen molar-refractivity contribution in [3.63, 3.8) is 0 Å². The fourth-order valence-electron chi connectivity index (χ4n) is 2.01. The van der Waals surface area contributed by atoms with Crippen LogP contribution < -0.4 is 5.32 Å². The first-order valence-electron chi connectivity index (χ1n) is 4.91. The van der Waals surface area contributed by atoms with E-state index in [4.69, 9.17) is 10.8 Å². The molecule has 1 aliphatic heterocycles. The van der Waals surface area contributed by atoms with Crippen molar-refractivity contribution in [3.05, 3.63) is 0 Å². The van der Waals surface area contributed by atoms with Gasteiger partial charge in [-0.3, -0.25) is 0 Å². The third-order valence-electron chi connectivity index (χ3n) is 2.28. The van der Waals surface area contributed by atoms with Gasteiger partial charge in [-0.1, -0.05) is 0 Å². The quantitative estimate of drug-likeness (QED) is 0.516. The molecule has 3 heteroatoms. The maximum atomic E-state index is 5.50. The minimum atomic E-state index is 0.363. The van der Waals surface area contributed by atoms with E-state index >= 15 is 0 Å². The summed E-state index contributed by atoms with van der Waals surface area (Å²) in [7, 11) is 0. The highest BCUT2D eigenvalue weighted by Gasteiger charge is 2.31. The van der Waals surface area contributed by atoms with Crippen LogP contribution in [0.2, 0.25) is 0 Å². The van der Waals surface area contributed by atoms with Crippen LogP contribution >= 0.6 is 0 Å². The predicted octanol–water partition coefficient (Wildman–Crippen LogP) is 2.85. The Morgan fingerprint density at radius 2 is 1.14 bits per heavy atom. The van der Waals surface area contributed by atoms with Gasteiger partial charge in [0.2, 0.25) is 0 Å². The second-order valence-electron chi connectivity index (χ2n) is 4.75. The third kappa shape index (κ3) is 6.78. The molecule has 0 radical (unpaired) electrons. The van der Waals surface area contributed by atoms with E-state index in [1.165, 1.54) is 19.3 Å². The van der Waals surface area contributed by atoms with Gasteiger partial charge in [0.05, 0.1) is 0 Å². The zero-order chi connectivity index (χ0) is 11.8. The molecule has 1 heterocycles. The average Bonchev–Trinajstić information content (AvgIpc) is 2.07. The molecule has 0 aromatic carbocycles. The zero-order valence-electron chi connectivity index (χ0n) is 10.0. The van der Waals surface area contributed by atoms with Crippen molar-refractivity contribution in [1.82, 2.24) is 5.32 Å². The van der Waals surface area contributed by atoms with Gasteiger partial charge in [0, 0.05) is 11.1 Å². The van der Waals surface area contributed by atoms with Crippen LogP contribution in [0, 0.1) is 10.8 Å². The van der Waals surface area contributed by atoms with E-state index in [1.54, 1.807) is 0 Å². The van der Waals surface area contributed by atoms with Gasteiger partial charge < -0.3 is 16.1 Å². The molecule has 0 spiro atoms. The first kappa shape index (κ1) is 15.8. The maximum absolute atomic E-state index is 5.50. The van der Waals surface area contributed by atoms with Gasteiger partial charge in [-0.15, -0.1) is 0 Å². The highest BCUT2D eigenvalue weighted by atomic mass is 15.0. The van der Waals surface area contributed by atoms with Crippen molar-refractivity contribution in [2.24, 2.45) is 0 Å². The first-order valence-corrected chi connectivity index (χ1v) is 4.91. The van der Waals surface area contributed by atoms with E-state index in [2.05, 4.69) is 46.4 Å². The van der Waals surface area contributed by atoms with Crippen LogP contribution in [0.1, 0.15) is 47.0 Å². The fourth-order valence-corrected chi connectivity index (χ4v) is 2.01. The van der Waals surface area contributed by atoms with Gasteiger partial charge in [-0.2, -0.15) is 0 Å². The molecule has 84 valence electrons. The molecule has 0 aromatic rings. The molecule has 1 rings (SSSR count). The van der Waals surface area contributed by atoms with Gasteiger partial charge in [0.25, 0.3) is 0 Å². The molecule has 14 heavy (non-hydrogen) atoms. The minimum Gasteiger partial charge on any atom is -0.317 e. The summed E-state index contributed by atoms with van der Waals surface area (Å²) in [6, 6.07) is 0. The predicted molar refractivity (Wildman–Crippen MR) is 64.8 cm³/mol. The largest absolute Gasteiger partial charge is 0.317 e. The summed E-state index contributed by atoms with van der Waals surface area (Å²) >= 11 is 0. The lowest BCUT2D eigenvalue weighted by Gasteiger charge is -2.42. The molecule has 1 saturated heterocycles. The molecule has 0 aliphatic carbocycles. The number of hydrogen-bond donors (Lipinski definition) is 3. The van der Waals surface area contributed by atoms with E-state index < -0.39 is 0 Å². The second kappa shape index (κ2) is 6.71. The lowest BCUT2D eigenvalue weighted by atomic mass is 9.83. The number of nitrogens with one attached hydrogen (secondary N) is 3. The summed E-state index contributed by atoms with van der Waals surface area (Å²) in [5.41, 5.74) is 0.726. The van der Waals surface area contributed by atoms with Gasteiger partial charge in [-0.05, 0) is 60.4 Å². The Kier molecular flexibility index (Phi) is 7.55. The van der Waals surface area contributed by atoms with Gasteiger partial charge in [0.15, 0.2) is 0 Å². The van der Waals surface area contributed by atoms with Crippen LogP contribution in [-0.2, 0) is 0 Å². The lowest BCUT2D eigenvalue weighted by molar-refractivity contribution is 0.183. The smallest absolute Gasteiger partial charge is 0.0130 e. The Labute approximate surface area is 88.3 Å². The van der Waals surface area contributed by atoms with E-state index in [0.717, 1.165) is 0 Å². The standard InChI is InChI=1S/C9H19N.2CH3N/c1-8(2)6-5-7-9(3,4)10-8;2*1-2/h10H,5-7H2,1-4H3;2*2H,1H2. The van der Waals surface area contributed by atoms with E-state index in [9.17, 15) is 0 Å². The van der Waals surface area contributed by atoms with Crippen LogP contribution in [0.25, 0.3) is 0 Å². The van der Waals surface area contributed by atoms with Crippen molar-refractivity contribution in [1.29, 1.82) is 10.8 Å². The maximum Gasteiger partial charge on any atom is 0.0130 e. The first-order chi connectivity index (χ1) is 6.41. The molecule has 3 nitrogen and oxygen atoms in total. The number of piperidine rings is 1. The number of rotatable bonds is 0. The van der Waals surface area contributed by atoms with Crippen molar-refractivity contribution in [2.45, 2.75) is 58.0 Å². The van der Waals surface area contributed by atoms with Crippen LogP contribution in [-0.4, -0.2) is 24.5 Å². The van der Waals surface area contributed by atoms with Crippen LogP contribution in [0.15, 0.2) is 0 Å². The summed E-state index contributed by atoms with van der Waals surface area (Å²) in [6.07, 6.45) is 4.00. The average molecular weight is 199 g/mol. The van der Waals surface area contributed by atoms with Crippen molar-refractivity contribution < 1.29 is 0 Å². The van der Waals surface area contributed by atoms with E-state index in [1.807, 2.05) is 0 Å². The lowest BCUT2D eigenvalue weighted by Crippen LogP contribution is -2.55. The van der Waals surface area contributed by atoms with Crippen molar-refractivity contribution in [3.8, 4) is 0 Å². The summed E-state index contributed by atoms with van der Waals surface area (Å²) in [6.45, 7) is 14.1. The van der Waals surface area contributed by atoms with Gasteiger partial charge in [-0.25, -0.2) is 0 Å². The molecule has 0 amide bonds. The molecule has 3 N–H and O–H groups in total. The Balaban J connectivity index is 0. The molecular formula is C11H25N3. The monoisotopic (exact) mass is 199 g/mol. The summed E-state index contributed by atoms with van der Waals surface area (Å²) in [4.78, 5) is 0. The van der Waals surface area contributed by atoms with Crippen molar-refractivity contribution in [2.75, 3.05) is 0 Å². The summed E-state index contributed by atoms with van der Waals surface area (Å²) in [5.74, 6) is 0. The van der Waals surface area contributed by atoms with Crippen LogP contribution in [0.4, 0.5) is 0 Å². The molecule has 1 fully saturated rings. The highest BCUT2D eigenvalue weighted by molar-refractivity contribution is 5.16. The van der Waals surface area contributed by atoms with Crippen molar-refractivity contribution >= 4 is 13.4 Å². The molecule has 0 bridgehead atoms. The third-order valence-corrected chi connectivity index (χ3v) is 2.28. The van der Waals surface area contributed by atoms with Gasteiger partial charge >= 0.3 is 0 Å². The van der Waals surface area contributed by atoms with Crippen LogP contribution in [0.5, 0.6) is 0 Å². The molecule has 1 aliphatic rings. The Morgan fingerprint density at radius 1 is 0.857 bits per heavy atom. The van der Waals surface area contributed by atoms with Gasteiger partial charge in [0.1, 0.15) is 0 Å². The minimum absolute atomic E-state index is 0.363. The molecular weight excluding hydrogens is 174 g/mol. The zero-order valence-corrected chi connectivity index (χ0v) is 10.0. The Hall–Kier alpha value is -0.700. The fraction of sp³-hybridized carbons (Fsp3) is 0.818. The van der Waals surface area contributed by atoms with E-state index in [0.29, 0.717) is 11.1 Å². The molecule has 0 saturated carbocycles. The molecule has 0 atom stereocenters. The SMILES string of the molecule is C=N.C=N.CC1(C)CCCC(C)(C)N1. The molecule has 0 unspecified atom stereocenters. The summed E-state index contributed by atoms with van der Waals surface area (Å²) in [5, 5.41) is 14.6. The number of hydrogen-bond acceptors (Lipinski definition) is 3. The Morgan fingerprint density at radius 3 is 1.29 bits per heavy atom.